The Morgan fingerprint density at radius 2 is 1.47 bits per heavy atom. The topological polar surface area (TPSA) is 134 Å². The maximum absolute atomic E-state index is 12.3. The van der Waals surface area contributed by atoms with E-state index in [1.807, 2.05) is 42.5 Å². The average Bonchev–Trinajstić information content (AvgIpc) is 3.00. The molecule has 230 valence electrons. The van der Waals surface area contributed by atoms with Crippen molar-refractivity contribution in [2.45, 2.75) is 37.5 Å². The quantitative estimate of drug-likeness (QED) is 0.236. The van der Waals surface area contributed by atoms with Gasteiger partial charge in [0.05, 0.1) is 0 Å². The molecule has 0 aliphatic carbocycles. The van der Waals surface area contributed by atoms with Crippen LogP contribution in [-0.2, 0) is 16.0 Å². The Balaban J connectivity index is 0.000000541. The Labute approximate surface area is 247 Å². The number of carboxylic acids is 2. The van der Waals surface area contributed by atoms with E-state index in [-0.39, 0.29) is 5.84 Å². The number of aliphatic carboxylic acids is 2. The van der Waals surface area contributed by atoms with Crippen LogP contribution >= 0.6 is 0 Å². The molecule has 9 nitrogen and oxygen atoms in total. The third-order valence-corrected chi connectivity index (χ3v) is 8.13. The second kappa shape index (κ2) is 13.9. The smallest absolute Gasteiger partial charge is 0.480 e. The number of halogens is 3. The normalized spacial score (nSPS) is 17.6. The number of hydrogen-bond acceptors (Lipinski definition) is 6. The number of carbonyl (C=O) groups is 2. The van der Waals surface area contributed by atoms with Gasteiger partial charge in [0, 0.05) is 56.6 Å². The third kappa shape index (κ3) is 8.23. The lowest BCUT2D eigenvalue weighted by Gasteiger charge is -2.44. The lowest BCUT2D eigenvalue weighted by Crippen LogP contribution is -2.55. The molecule has 0 spiro atoms. The van der Waals surface area contributed by atoms with Gasteiger partial charge in [0.1, 0.15) is 11.9 Å². The average molecular weight is 600 g/mol. The second-order valence-corrected chi connectivity index (χ2v) is 10.8. The van der Waals surface area contributed by atoms with E-state index in [2.05, 4.69) is 39.0 Å². The first-order chi connectivity index (χ1) is 20.4. The van der Waals surface area contributed by atoms with Crippen molar-refractivity contribution in [3.05, 3.63) is 77.9 Å². The van der Waals surface area contributed by atoms with Gasteiger partial charge in [-0.15, -0.1) is 0 Å². The fourth-order valence-electron chi connectivity index (χ4n) is 5.81. The number of likely N-dealkylation sites (tertiary alicyclic amines) is 1. The fraction of sp³-hybridized carbons (Fsp3) is 0.387. The number of rotatable bonds is 7. The van der Waals surface area contributed by atoms with Gasteiger partial charge < -0.3 is 20.8 Å². The summed E-state index contributed by atoms with van der Waals surface area (Å²) in [4.78, 5) is 28.3. The lowest BCUT2D eigenvalue weighted by atomic mass is 9.95. The molecule has 2 saturated heterocycles. The Kier molecular flexibility index (Phi) is 10.3. The Morgan fingerprint density at radius 3 is 2.02 bits per heavy atom. The number of piperazine rings is 1. The number of nitrogen functional groups attached to an aromatic ring is 1. The molecule has 0 radical (unpaired) electrons. The summed E-state index contributed by atoms with van der Waals surface area (Å²) in [5, 5.41) is 27.1. The zero-order valence-electron chi connectivity index (χ0n) is 23.6. The van der Waals surface area contributed by atoms with Gasteiger partial charge >= 0.3 is 18.1 Å². The predicted molar refractivity (Wildman–Crippen MR) is 159 cm³/mol. The number of piperidine rings is 1. The lowest BCUT2D eigenvalue weighted by molar-refractivity contribution is -0.192. The number of fused-ring (bicyclic) bond motifs is 1. The highest BCUT2D eigenvalue weighted by molar-refractivity contribution is 5.95. The molecule has 0 aromatic heterocycles. The summed E-state index contributed by atoms with van der Waals surface area (Å²) in [6, 6.07) is 22.3. The summed E-state index contributed by atoms with van der Waals surface area (Å²) in [5.41, 5.74) is 8.61. The molecule has 1 unspecified atom stereocenters. The molecule has 2 aliphatic rings. The van der Waals surface area contributed by atoms with Crippen molar-refractivity contribution in [1.29, 1.82) is 5.41 Å². The minimum atomic E-state index is -5.08. The summed E-state index contributed by atoms with van der Waals surface area (Å²) < 4.78 is 31.7. The SMILES string of the molecule is N=C(N)c1ccc(N2CCN(C3CCN(C(Cc4cccc5ccccc45)C(=O)O)CC3)CC2)cc1.O=C(O)C(F)(F)F. The molecule has 1 atom stereocenters. The van der Waals surface area contributed by atoms with E-state index in [0.29, 0.717) is 12.5 Å². The van der Waals surface area contributed by atoms with Crippen molar-refractivity contribution in [3.8, 4) is 0 Å². The van der Waals surface area contributed by atoms with Crippen LogP contribution in [0.15, 0.2) is 66.7 Å². The van der Waals surface area contributed by atoms with E-state index in [9.17, 15) is 23.1 Å². The highest BCUT2D eigenvalue weighted by Gasteiger charge is 2.38. The summed E-state index contributed by atoms with van der Waals surface area (Å²) >= 11 is 0. The number of nitrogens with one attached hydrogen (secondary N) is 1. The van der Waals surface area contributed by atoms with Gasteiger partial charge in [-0.2, -0.15) is 13.2 Å². The van der Waals surface area contributed by atoms with Crippen molar-refractivity contribution in [2.24, 2.45) is 5.73 Å². The van der Waals surface area contributed by atoms with Crippen molar-refractivity contribution in [1.82, 2.24) is 9.80 Å². The van der Waals surface area contributed by atoms with Gasteiger partial charge in [0.15, 0.2) is 0 Å². The molecule has 12 heteroatoms. The van der Waals surface area contributed by atoms with Crippen LogP contribution in [0.1, 0.15) is 24.0 Å². The Bertz CT molecular complexity index is 1410. The number of anilines is 1. The van der Waals surface area contributed by atoms with Gasteiger partial charge in [-0.1, -0.05) is 42.5 Å². The molecular formula is C31H36F3N5O4. The summed E-state index contributed by atoms with van der Waals surface area (Å²) in [6.45, 7) is 5.60. The van der Waals surface area contributed by atoms with Crippen molar-refractivity contribution in [3.63, 3.8) is 0 Å². The maximum Gasteiger partial charge on any atom is 0.490 e. The van der Waals surface area contributed by atoms with E-state index in [1.54, 1.807) is 0 Å². The van der Waals surface area contributed by atoms with Crippen LogP contribution in [-0.4, -0.2) is 95.3 Å². The Morgan fingerprint density at radius 1 is 0.884 bits per heavy atom. The van der Waals surface area contributed by atoms with Gasteiger partial charge in [-0.25, -0.2) is 4.79 Å². The van der Waals surface area contributed by atoms with Crippen molar-refractivity contribution < 1.29 is 33.0 Å². The first kappa shape index (κ1) is 31.8. The number of amidine groups is 1. The number of nitrogens with two attached hydrogens (primary N) is 1. The molecule has 2 heterocycles. The van der Waals surface area contributed by atoms with Crippen molar-refractivity contribution >= 4 is 34.2 Å². The number of benzene rings is 3. The number of hydrogen-bond donors (Lipinski definition) is 4. The number of nitrogens with zero attached hydrogens (tertiary/aromatic N) is 3. The molecule has 2 aliphatic heterocycles. The fourth-order valence-corrected chi connectivity index (χ4v) is 5.81. The van der Waals surface area contributed by atoms with E-state index in [4.69, 9.17) is 21.0 Å². The number of alkyl halides is 3. The first-order valence-corrected chi connectivity index (χ1v) is 14.1. The minimum Gasteiger partial charge on any atom is -0.480 e. The highest BCUT2D eigenvalue weighted by Crippen LogP contribution is 2.26. The van der Waals surface area contributed by atoms with Crippen LogP contribution in [0.25, 0.3) is 10.8 Å². The Hall–Kier alpha value is -4.16. The van der Waals surface area contributed by atoms with E-state index < -0.39 is 24.2 Å². The van der Waals surface area contributed by atoms with E-state index >= 15 is 0 Å². The van der Waals surface area contributed by atoms with Crippen LogP contribution in [0.4, 0.5) is 18.9 Å². The van der Waals surface area contributed by atoms with Crippen molar-refractivity contribution in [2.75, 3.05) is 44.2 Å². The minimum absolute atomic E-state index is 0.0972. The van der Waals surface area contributed by atoms with Crippen LogP contribution in [0, 0.1) is 5.41 Å². The summed E-state index contributed by atoms with van der Waals surface area (Å²) in [6.07, 6.45) is -2.54. The number of carboxylic acid groups (broad SMARTS) is 2. The van der Waals surface area contributed by atoms with Crippen LogP contribution in [0.2, 0.25) is 0 Å². The molecule has 5 N–H and O–H groups in total. The highest BCUT2D eigenvalue weighted by atomic mass is 19.4. The maximum atomic E-state index is 12.3. The van der Waals surface area contributed by atoms with Gasteiger partial charge in [0.25, 0.3) is 0 Å². The summed E-state index contributed by atoms with van der Waals surface area (Å²) in [7, 11) is 0. The van der Waals surface area contributed by atoms with Gasteiger partial charge in [-0.05, 0) is 59.9 Å². The molecule has 0 amide bonds. The van der Waals surface area contributed by atoms with E-state index in [0.717, 1.165) is 74.0 Å². The zero-order chi connectivity index (χ0) is 31.1. The first-order valence-electron chi connectivity index (χ1n) is 14.1. The molecule has 2 fully saturated rings. The van der Waals surface area contributed by atoms with Gasteiger partial charge in [-0.3, -0.25) is 20.0 Å². The van der Waals surface area contributed by atoms with Crippen LogP contribution in [0.3, 0.4) is 0 Å². The molecule has 3 aromatic carbocycles. The molecule has 0 saturated carbocycles. The van der Waals surface area contributed by atoms with Crippen LogP contribution < -0.4 is 10.6 Å². The standard InChI is InChI=1S/C29H35N5O2.C2HF3O2/c30-28(31)22-8-10-24(11-9-22)32-16-18-33(19-17-32)25-12-14-34(15-13-25)27(29(35)36)20-23-6-3-5-21-4-1-2-7-26(21)23;3-2(4,5)1(6)7/h1-11,25,27H,12-20H2,(H3,30,31)(H,35,36);(H,6,7). The second-order valence-electron chi connectivity index (χ2n) is 10.8. The van der Waals surface area contributed by atoms with E-state index in [1.165, 1.54) is 5.69 Å². The largest absolute Gasteiger partial charge is 0.490 e. The van der Waals surface area contributed by atoms with Crippen LogP contribution in [0.5, 0.6) is 0 Å². The molecule has 5 rings (SSSR count). The molecule has 3 aromatic rings. The molecular weight excluding hydrogens is 563 g/mol. The van der Waals surface area contributed by atoms with Gasteiger partial charge in [0.2, 0.25) is 0 Å². The molecule has 0 bridgehead atoms. The summed E-state index contributed by atoms with van der Waals surface area (Å²) in [5.74, 6) is -3.39. The predicted octanol–water partition coefficient (Wildman–Crippen LogP) is 4.04. The third-order valence-electron chi connectivity index (χ3n) is 8.13. The molecule has 43 heavy (non-hydrogen) atoms. The monoisotopic (exact) mass is 599 g/mol. The zero-order valence-corrected chi connectivity index (χ0v) is 23.6.